The molecule has 0 atom stereocenters. The van der Waals surface area contributed by atoms with Crippen molar-refractivity contribution in [3.05, 3.63) is 89.7 Å². The summed E-state index contributed by atoms with van der Waals surface area (Å²) < 4.78 is 0. The minimum absolute atomic E-state index is 0.343. The molecule has 0 aliphatic heterocycles. The highest BCUT2D eigenvalue weighted by Crippen LogP contribution is 2.47. The first kappa shape index (κ1) is 16.2. The maximum Gasteiger partial charge on any atom is 0.124 e. The number of benzene rings is 3. The molecule has 1 heterocycles. The van der Waals surface area contributed by atoms with Crippen LogP contribution in [0, 0.1) is 6.92 Å². The number of nitrogens with zero attached hydrogens (tertiary/aromatic N) is 1. The molecule has 4 aromatic rings. The molecule has 3 heteroatoms. The zero-order valence-corrected chi connectivity index (χ0v) is 15.1. The Bertz CT molecular complexity index is 1140. The van der Waals surface area contributed by atoms with Crippen LogP contribution in [0.25, 0.3) is 33.0 Å². The first-order valence-electron chi connectivity index (χ1n) is 9.11. The van der Waals surface area contributed by atoms with E-state index in [-0.39, 0.29) is 0 Å². The van der Waals surface area contributed by atoms with Gasteiger partial charge >= 0.3 is 0 Å². The molecule has 5 rings (SSSR count). The molecule has 0 unspecified atom stereocenters. The van der Waals surface area contributed by atoms with Crippen LogP contribution >= 0.6 is 0 Å². The predicted molar refractivity (Wildman–Crippen MR) is 107 cm³/mol. The number of aromatic nitrogens is 1. The van der Waals surface area contributed by atoms with E-state index in [0.717, 1.165) is 11.3 Å². The summed E-state index contributed by atoms with van der Waals surface area (Å²) in [7, 11) is 0. The van der Waals surface area contributed by atoms with Crippen LogP contribution in [0.2, 0.25) is 0 Å². The van der Waals surface area contributed by atoms with Crippen LogP contribution < -0.4 is 0 Å². The smallest absolute Gasteiger partial charge is 0.124 e. The fourth-order valence-electron chi connectivity index (χ4n) is 3.84. The highest BCUT2D eigenvalue weighted by Gasteiger charge is 2.21. The second kappa shape index (κ2) is 6.62. The summed E-state index contributed by atoms with van der Waals surface area (Å²) in [6.45, 7) is 2.92. The van der Waals surface area contributed by atoms with Crippen molar-refractivity contribution in [1.29, 1.82) is 0 Å². The Labute approximate surface area is 158 Å². The van der Waals surface area contributed by atoms with E-state index in [0.29, 0.717) is 13.2 Å². The normalized spacial score (nSPS) is 11.7. The summed E-state index contributed by atoms with van der Waals surface area (Å²) in [5.74, 6) is 0. The molecule has 0 N–H and O–H groups in total. The van der Waals surface area contributed by atoms with Crippen LogP contribution in [-0.4, -0.2) is 4.98 Å². The molecular formula is C24H19NO2. The SMILES string of the molecule is Cc1ccc2c3c(cccc13)-c1ccc(COOCc3ccccn3)cc1-2. The summed E-state index contributed by atoms with van der Waals surface area (Å²) in [4.78, 5) is 14.9. The van der Waals surface area contributed by atoms with Crippen molar-refractivity contribution in [1.82, 2.24) is 4.98 Å². The minimum Gasteiger partial charge on any atom is -0.259 e. The molecule has 1 aromatic heterocycles. The van der Waals surface area contributed by atoms with Gasteiger partial charge in [-0.15, -0.1) is 0 Å². The molecule has 1 aliphatic rings. The molecule has 0 saturated carbocycles. The molecule has 1 aliphatic carbocycles. The van der Waals surface area contributed by atoms with Gasteiger partial charge in [-0.05, 0) is 69.3 Å². The molecule has 0 fully saturated rings. The molecule has 27 heavy (non-hydrogen) atoms. The van der Waals surface area contributed by atoms with Crippen molar-refractivity contribution in [2.24, 2.45) is 0 Å². The highest BCUT2D eigenvalue weighted by molar-refractivity contribution is 6.15. The zero-order chi connectivity index (χ0) is 18.2. The van der Waals surface area contributed by atoms with Gasteiger partial charge in [0.2, 0.25) is 0 Å². The molecule has 3 nitrogen and oxygen atoms in total. The number of pyridine rings is 1. The third kappa shape index (κ3) is 2.81. The molecular weight excluding hydrogens is 334 g/mol. The summed E-state index contributed by atoms with van der Waals surface area (Å²) in [6, 6.07) is 23.2. The predicted octanol–water partition coefficient (Wildman–Crippen LogP) is 5.84. The van der Waals surface area contributed by atoms with E-state index >= 15 is 0 Å². The topological polar surface area (TPSA) is 31.4 Å². The Morgan fingerprint density at radius 3 is 2.48 bits per heavy atom. The third-order valence-electron chi connectivity index (χ3n) is 5.16. The average Bonchev–Trinajstić information content (AvgIpc) is 3.03. The zero-order valence-electron chi connectivity index (χ0n) is 15.1. The van der Waals surface area contributed by atoms with Crippen molar-refractivity contribution in [2.75, 3.05) is 0 Å². The molecule has 0 saturated heterocycles. The van der Waals surface area contributed by atoms with Gasteiger partial charge in [0.15, 0.2) is 0 Å². The van der Waals surface area contributed by atoms with E-state index < -0.39 is 0 Å². The summed E-state index contributed by atoms with van der Waals surface area (Å²) in [5.41, 5.74) is 8.44. The average molecular weight is 353 g/mol. The monoisotopic (exact) mass is 353 g/mol. The lowest BCUT2D eigenvalue weighted by Crippen LogP contribution is -1.98. The molecule has 0 bridgehead atoms. The summed E-state index contributed by atoms with van der Waals surface area (Å²) in [6.07, 6.45) is 1.75. The number of hydrogen-bond acceptors (Lipinski definition) is 3. The van der Waals surface area contributed by atoms with Gasteiger partial charge in [-0.25, -0.2) is 9.78 Å². The lowest BCUT2D eigenvalue weighted by molar-refractivity contribution is -0.313. The van der Waals surface area contributed by atoms with Gasteiger partial charge in [-0.3, -0.25) is 4.98 Å². The Morgan fingerprint density at radius 2 is 1.59 bits per heavy atom. The van der Waals surface area contributed by atoms with E-state index in [1.54, 1.807) is 6.20 Å². The molecule has 3 aromatic carbocycles. The van der Waals surface area contributed by atoms with Crippen LogP contribution in [0.4, 0.5) is 0 Å². The lowest BCUT2D eigenvalue weighted by atomic mass is 9.99. The van der Waals surface area contributed by atoms with E-state index in [4.69, 9.17) is 9.78 Å². The number of hydrogen-bond donors (Lipinski definition) is 0. The standard InChI is InChI=1S/C24H19NO2/c1-16-8-10-22-23-13-17(14-26-27-15-18-5-2-3-12-25-18)9-11-20(23)21-7-4-6-19(16)24(21)22/h2-13H,14-15H2,1H3. The van der Waals surface area contributed by atoms with Crippen LogP contribution in [-0.2, 0) is 23.0 Å². The molecule has 0 radical (unpaired) electrons. The van der Waals surface area contributed by atoms with Gasteiger partial charge < -0.3 is 0 Å². The maximum absolute atomic E-state index is 5.41. The molecule has 0 spiro atoms. The lowest BCUT2D eigenvalue weighted by Gasteiger charge is -2.07. The Kier molecular flexibility index (Phi) is 3.97. The van der Waals surface area contributed by atoms with E-state index in [1.807, 2.05) is 18.2 Å². The van der Waals surface area contributed by atoms with Crippen molar-refractivity contribution < 1.29 is 9.78 Å². The molecule has 0 amide bonds. The highest BCUT2D eigenvalue weighted by atomic mass is 17.2. The Morgan fingerprint density at radius 1 is 0.741 bits per heavy atom. The van der Waals surface area contributed by atoms with Crippen molar-refractivity contribution >= 4 is 10.8 Å². The quantitative estimate of drug-likeness (QED) is 0.226. The fraction of sp³-hybridized carbons (Fsp3) is 0.125. The van der Waals surface area contributed by atoms with Crippen molar-refractivity contribution in [3.63, 3.8) is 0 Å². The van der Waals surface area contributed by atoms with Gasteiger partial charge in [0, 0.05) is 6.20 Å². The van der Waals surface area contributed by atoms with Gasteiger partial charge in [0.25, 0.3) is 0 Å². The number of fused-ring (bicyclic) bond motifs is 3. The first-order valence-corrected chi connectivity index (χ1v) is 9.11. The Balaban J connectivity index is 1.38. The minimum atomic E-state index is 0.343. The first-order chi connectivity index (χ1) is 13.3. The van der Waals surface area contributed by atoms with E-state index in [1.165, 1.54) is 38.6 Å². The number of rotatable bonds is 5. The van der Waals surface area contributed by atoms with Gasteiger partial charge in [0.05, 0.1) is 5.69 Å². The third-order valence-corrected chi connectivity index (χ3v) is 5.16. The molecule has 132 valence electrons. The second-order valence-electron chi connectivity index (χ2n) is 6.88. The van der Waals surface area contributed by atoms with Crippen LogP contribution in [0.15, 0.2) is 72.9 Å². The summed E-state index contributed by atoms with van der Waals surface area (Å²) >= 11 is 0. The van der Waals surface area contributed by atoms with Gasteiger partial charge in [0.1, 0.15) is 13.2 Å². The fourth-order valence-corrected chi connectivity index (χ4v) is 3.84. The van der Waals surface area contributed by atoms with Crippen molar-refractivity contribution in [2.45, 2.75) is 20.1 Å². The van der Waals surface area contributed by atoms with Crippen LogP contribution in [0.1, 0.15) is 16.8 Å². The van der Waals surface area contributed by atoms with Crippen molar-refractivity contribution in [3.8, 4) is 22.3 Å². The summed E-state index contributed by atoms with van der Waals surface area (Å²) in [5, 5.41) is 2.69. The van der Waals surface area contributed by atoms with Crippen LogP contribution in [0.3, 0.4) is 0 Å². The number of aryl methyl sites for hydroxylation is 1. The van der Waals surface area contributed by atoms with Crippen LogP contribution in [0.5, 0.6) is 0 Å². The van der Waals surface area contributed by atoms with E-state index in [2.05, 4.69) is 60.4 Å². The largest absolute Gasteiger partial charge is 0.259 e. The van der Waals surface area contributed by atoms with Gasteiger partial charge in [-0.1, -0.05) is 48.5 Å². The maximum atomic E-state index is 5.41. The van der Waals surface area contributed by atoms with Gasteiger partial charge in [-0.2, -0.15) is 0 Å². The second-order valence-corrected chi connectivity index (χ2v) is 6.88. The Hall–Kier alpha value is -3.01. The van der Waals surface area contributed by atoms with E-state index in [9.17, 15) is 0 Å².